The van der Waals surface area contributed by atoms with Crippen molar-refractivity contribution < 1.29 is 4.74 Å². The van der Waals surface area contributed by atoms with Gasteiger partial charge in [0, 0.05) is 24.2 Å². The predicted octanol–water partition coefficient (Wildman–Crippen LogP) is 2.83. The highest BCUT2D eigenvalue weighted by molar-refractivity contribution is 5.84. The molecule has 3 nitrogen and oxygen atoms in total. The third-order valence-corrected chi connectivity index (χ3v) is 3.00. The lowest BCUT2D eigenvalue weighted by atomic mass is 9.94. The summed E-state index contributed by atoms with van der Waals surface area (Å²) in [6.07, 6.45) is 1.87. The monoisotopic (exact) mass is 230 g/mol. The SMILES string of the molecule is COc1ccc2c(C(C)C)c(CN)cnc2c1. The molecule has 0 saturated carbocycles. The number of benzene rings is 1. The molecule has 3 heteroatoms. The number of fused-ring (bicyclic) bond motifs is 1. The van der Waals surface area contributed by atoms with Crippen LogP contribution in [0.15, 0.2) is 24.4 Å². The van der Waals surface area contributed by atoms with Crippen LogP contribution in [0.3, 0.4) is 0 Å². The van der Waals surface area contributed by atoms with Crippen molar-refractivity contribution >= 4 is 10.9 Å². The van der Waals surface area contributed by atoms with Gasteiger partial charge in [-0.25, -0.2) is 0 Å². The summed E-state index contributed by atoms with van der Waals surface area (Å²) < 4.78 is 5.21. The first-order valence-corrected chi connectivity index (χ1v) is 5.83. The molecule has 0 unspecified atom stereocenters. The van der Waals surface area contributed by atoms with Crippen LogP contribution in [0.25, 0.3) is 10.9 Å². The average Bonchev–Trinajstić information content (AvgIpc) is 2.36. The second kappa shape index (κ2) is 4.72. The molecule has 1 aromatic carbocycles. The van der Waals surface area contributed by atoms with E-state index in [1.807, 2.05) is 18.3 Å². The van der Waals surface area contributed by atoms with E-state index in [-0.39, 0.29) is 0 Å². The van der Waals surface area contributed by atoms with Gasteiger partial charge in [0.25, 0.3) is 0 Å². The minimum atomic E-state index is 0.437. The van der Waals surface area contributed by atoms with Gasteiger partial charge in [-0.2, -0.15) is 0 Å². The molecule has 0 aliphatic heterocycles. The highest BCUT2D eigenvalue weighted by Gasteiger charge is 2.11. The maximum absolute atomic E-state index is 5.77. The van der Waals surface area contributed by atoms with Crippen LogP contribution in [0.2, 0.25) is 0 Å². The first-order valence-electron chi connectivity index (χ1n) is 5.83. The summed E-state index contributed by atoms with van der Waals surface area (Å²) in [5.74, 6) is 1.27. The molecule has 0 saturated heterocycles. The molecule has 0 spiro atoms. The highest BCUT2D eigenvalue weighted by Crippen LogP contribution is 2.29. The van der Waals surface area contributed by atoms with Crippen LogP contribution in [0.4, 0.5) is 0 Å². The van der Waals surface area contributed by atoms with E-state index >= 15 is 0 Å². The summed E-state index contributed by atoms with van der Waals surface area (Å²) in [4.78, 5) is 4.44. The summed E-state index contributed by atoms with van der Waals surface area (Å²) >= 11 is 0. The third kappa shape index (κ3) is 2.11. The van der Waals surface area contributed by atoms with Crippen molar-refractivity contribution in [2.24, 2.45) is 5.73 Å². The number of nitrogens with two attached hydrogens (primary N) is 1. The van der Waals surface area contributed by atoms with Gasteiger partial charge in [0.15, 0.2) is 0 Å². The molecule has 0 aliphatic carbocycles. The molecule has 17 heavy (non-hydrogen) atoms. The van der Waals surface area contributed by atoms with Gasteiger partial charge in [-0.05, 0) is 29.2 Å². The maximum atomic E-state index is 5.77. The van der Waals surface area contributed by atoms with Crippen molar-refractivity contribution in [3.63, 3.8) is 0 Å². The number of hydrogen-bond donors (Lipinski definition) is 1. The van der Waals surface area contributed by atoms with E-state index in [0.717, 1.165) is 16.8 Å². The Bertz CT molecular complexity index is 535. The second-order valence-corrected chi connectivity index (χ2v) is 4.44. The van der Waals surface area contributed by atoms with Crippen LogP contribution in [0.1, 0.15) is 30.9 Å². The Morgan fingerprint density at radius 3 is 2.71 bits per heavy atom. The van der Waals surface area contributed by atoms with Crippen molar-refractivity contribution in [2.75, 3.05) is 7.11 Å². The largest absolute Gasteiger partial charge is 0.497 e. The fourth-order valence-corrected chi connectivity index (χ4v) is 2.21. The van der Waals surface area contributed by atoms with Crippen LogP contribution in [-0.2, 0) is 6.54 Å². The number of pyridine rings is 1. The fourth-order valence-electron chi connectivity index (χ4n) is 2.21. The van der Waals surface area contributed by atoms with Gasteiger partial charge in [0.1, 0.15) is 5.75 Å². The zero-order valence-corrected chi connectivity index (χ0v) is 10.5. The first kappa shape index (κ1) is 11.9. The summed E-state index contributed by atoms with van der Waals surface area (Å²) in [6, 6.07) is 5.99. The lowest BCUT2D eigenvalue weighted by molar-refractivity contribution is 0.415. The molecule has 0 amide bonds. The zero-order valence-electron chi connectivity index (χ0n) is 10.5. The Morgan fingerprint density at radius 2 is 2.12 bits per heavy atom. The Balaban J connectivity index is 2.72. The van der Waals surface area contributed by atoms with Gasteiger partial charge in [-0.1, -0.05) is 13.8 Å². The molecule has 2 N–H and O–H groups in total. The maximum Gasteiger partial charge on any atom is 0.121 e. The van der Waals surface area contributed by atoms with Crippen LogP contribution < -0.4 is 10.5 Å². The van der Waals surface area contributed by atoms with Crippen molar-refractivity contribution in [2.45, 2.75) is 26.3 Å². The Morgan fingerprint density at radius 1 is 1.35 bits per heavy atom. The smallest absolute Gasteiger partial charge is 0.121 e. The molecule has 1 aromatic heterocycles. The highest BCUT2D eigenvalue weighted by atomic mass is 16.5. The van der Waals surface area contributed by atoms with E-state index in [1.54, 1.807) is 7.11 Å². The van der Waals surface area contributed by atoms with Gasteiger partial charge < -0.3 is 10.5 Å². The first-order chi connectivity index (χ1) is 8.17. The Hall–Kier alpha value is -1.61. The third-order valence-electron chi connectivity index (χ3n) is 3.00. The van der Waals surface area contributed by atoms with Crippen molar-refractivity contribution in [3.05, 3.63) is 35.5 Å². The normalized spacial score (nSPS) is 11.1. The van der Waals surface area contributed by atoms with Gasteiger partial charge in [-0.15, -0.1) is 0 Å². The number of ether oxygens (including phenoxy) is 1. The van der Waals surface area contributed by atoms with Crippen molar-refractivity contribution in [1.82, 2.24) is 4.98 Å². The summed E-state index contributed by atoms with van der Waals surface area (Å²) in [6.45, 7) is 4.89. The zero-order chi connectivity index (χ0) is 12.4. The standard InChI is InChI=1S/C14H18N2O/c1-9(2)14-10(7-15)8-16-13-6-11(17-3)4-5-12(13)14/h4-6,8-9H,7,15H2,1-3H3. The molecular formula is C14H18N2O. The van der Waals surface area contributed by atoms with E-state index in [4.69, 9.17) is 10.5 Å². The molecular weight excluding hydrogens is 212 g/mol. The topological polar surface area (TPSA) is 48.1 Å². The summed E-state index contributed by atoms with van der Waals surface area (Å²) in [5.41, 5.74) is 9.15. The molecule has 0 atom stereocenters. The van der Waals surface area contributed by atoms with Gasteiger partial charge >= 0.3 is 0 Å². The number of rotatable bonds is 3. The summed E-state index contributed by atoms with van der Waals surface area (Å²) in [7, 11) is 1.67. The minimum absolute atomic E-state index is 0.437. The molecule has 0 radical (unpaired) electrons. The van der Waals surface area contributed by atoms with E-state index in [2.05, 4.69) is 24.9 Å². The van der Waals surface area contributed by atoms with Crippen LogP contribution in [0.5, 0.6) is 5.75 Å². The van der Waals surface area contributed by atoms with Crippen LogP contribution >= 0.6 is 0 Å². The summed E-state index contributed by atoms with van der Waals surface area (Å²) in [5, 5.41) is 1.17. The number of hydrogen-bond acceptors (Lipinski definition) is 3. The van der Waals surface area contributed by atoms with Gasteiger partial charge in [-0.3, -0.25) is 4.98 Å². The molecule has 1 heterocycles. The number of methoxy groups -OCH3 is 1. The van der Waals surface area contributed by atoms with E-state index < -0.39 is 0 Å². The van der Waals surface area contributed by atoms with E-state index in [9.17, 15) is 0 Å². The second-order valence-electron chi connectivity index (χ2n) is 4.44. The quantitative estimate of drug-likeness (QED) is 0.882. The fraction of sp³-hybridized carbons (Fsp3) is 0.357. The Kier molecular flexibility index (Phi) is 3.29. The van der Waals surface area contributed by atoms with E-state index in [1.165, 1.54) is 10.9 Å². The van der Waals surface area contributed by atoms with E-state index in [0.29, 0.717) is 12.5 Å². The lowest BCUT2D eigenvalue weighted by Gasteiger charge is -2.14. The average molecular weight is 230 g/mol. The predicted molar refractivity (Wildman–Crippen MR) is 70.3 cm³/mol. The lowest BCUT2D eigenvalue weighted by Crippen LogP contribution is -2.05. The number of nitrogens with zero attached hydrogens (tertiary/aromatic N) is 1. The number of aromatic nitrogens is 1. The van der Waals surface area contributed by atoms with Crippen molar-refractivity contribution in [1.29, 1.82) is 0 Å². The van der Waals surface area contributed by atoms with Crippen molar-refractivity contribution in [3.8, 4) is 5.75 Å². The molecule has 2 rings (SSSR count). The molecule has 2 aromatic rings. The van der Waals surface area contributed by atoms with Gasteiger partial charge in [0.2, 0.25) is 0 Å². The molecule has 90 valence electrons. The molecule has 0 aliphatic rings. The van der Waals surface area contributed by atoms with Gasteiger partial charge in [0.05, 0.1) is 12.6 Å². The van der Waals surface area contributed by atoms with Crippen LogP contribution in [-0.4, -0.2) is 12.1 Å². The Labute approximate surface area is 102 Å². The minimum Gasteiger partial charge on any atom is -0.497 e. The molecule has 0 fully saturated rings. The molecule has 0 bridgehead atoms. The van der Waals surface area contributed by atoms with Crippen LogP contribution in [0, 0.1) is 0 Å².